The molecule has 11 heteroatoms. The Labute approximate surface area is 140 Å². The molecule has 0 aromatic heterocycles. The summed E-state index contributed by atoms with van der Waals surface area (Å²) in [6.45, 7) is 3.14. The van der Waals surface area contributed by atoms with Gasteiger partial charge in [0, 0.05) is 42.6 Å². The van der Waals surface area contributed by atoms with E-state index in [1.54, 1.807) is 6.92 Å². The van der Waals surface area contributed by atoms with Gasteiger partial charge in [-0.05, 0) is 25.3 Å². The second kappa shape index (κ2) is 9.94. The lowest BCUT2D eigenvalue weighted by atomic mass is 10.1. The zero-order chi connectivity index (χ0) is 17.3. The molecule has 132 valence electrons. The average molecular weight is 369 g/mol. The highest BCUT2D eigenvalue weighted by Gasteiger charge is 2.34. The van der Waals surface area contributed by atoms with Gasteiger partial charge in [-0.3, -0.25) is 0 Å². The topological polar surface area (TPSA) is 122 Å². The number of carbonyl (C=O) groups excluding carboxylic acids is 1. The van der Waals surface area contributed by atoms with Crippen LogP contribution in [0.4, 0.5) is 4.79 Å². The molecule has 1 fully saturated rings. The van der Waals surface area contributed by atoms with Gasteiger partial charge in [-0.1, -0.05) is 5.11 Å². The number of hydrogen-bond acceptors (Lipinski definition) is 6. The predicted molar refractivity (Wildman–Crippen MR) is 84.8 cm³/mol. The molecule has 0 aromatic rings. The molecule has 2 unspecified atom stereocenters. The molecule has 1 heterocycles. The van der Waals surface area contributed by atoms with Crippen LogP contribution in [0.25, 0.3) is 10.4 Å². The van der Waals surface area contributed by atoms with E-state index >= 15 is 0 Å². The molecule has 2 atom stereocenters. The van der Waals surface area contributed by atoms with E-state index in [0.29, 0.717) is 39.1 Å². The van der Waals surface area contributed by atoms with Gasteiger partial charge in [-0.2, -0.15) is 4.31 Å². The van der Waals surface area contributed by atoms with Crippen LogP contribution in [0.15, 0.2) is 5.11 Å². The first-order valence-corrected chi connectivity index (χ1v) is 9.19. The van der Waals surface area contributed by atoms with E-state index in [9.17, 15) is 13.2 Å². The van der Waals surface area contributed by atoms with E-state index in [1.165, 1.54) is 4.31 Å². The van der Waals surface area contributed by atoms with Gasteiger partial charge in [0.05, 0.1) is 18.5 Å². The molecule has 1 saturated heterocycles. The molecule has 1 rings (SSSR count). The van der Waals surface area contributed by atoms with Crippen LogP contribution >= 0.6 is 11.6 Å². The molecule has 0 spiro atoms. The van der Waals surface area contributed by atoms with Gasteiger partial charge in [-0.15, -0.1) is 0 Å². The first-order chi connectivity index (χ1) is 10.9. The van der Waals surface area contributed by atoms with Crippen molar-refractivity contribution < 1.29 is 22.7 Å². The second-order valence-electron chi connectivity index (χ2n) is 5.18. The summed E-state index contributed by atoms with van der Waals surface area (Å²) in [7, 11) is -3.56. The zero-order valence-corrected chi connectivity index (χ0v) is 14.5. The first kappa shape index (κ1) is 20.0. The van der Waals surface area contributed by atoms with Crippen molar-refractivity contribution in [1.29, 1.82) is 0 Å². The Hall–Kier alpha value is -1.06. The summed E-state index contributed by atoms with van der Waals surface area (Å²) in [6, 6.07) is 0. The number of azide groups is 1. The van der Waals surface area contributed by atoms with Gasteiger partial charge in [-0.25, -0.2) is 13.2 Å². The molecule has 23 heavy (non-hydrogen) atoms. The number of ether oxygens (including phenoxy) is 2. The van der Waals surface area contributed by atoms with Crippen molar-refractivity contribution in [2.75, 3.05) is 32.8 Å². The van der Waals surface area contributed by atoms with E-state index in [-0.39, 0.29) is 13.0 Å². The highest BCUT2D eigenvalue weighted by molar-refractivity contribution is 7.89. The third kappa shape index (κ3) is 6.92. The lowest BCUT2D eigenvalue weighted by molar-refractivity contribution is 0.0719. The Morgan fingerprint density at radius 1 is 1.48 bits per heavy atom. The number of carbonyl (C=O) groups is 1. The molecule has 0 saturated carbocycles. The van der Waals surface area contributed by atoms with Crippen molar-refractivity contribution in [3.8, 4) is 0 Å². The number of sulfonamides is 1. The maximum absolute atomic E-state index is 12.8. The largest absolute Gasteiger partial charge is 0.451 e. The SMILES string of the molecule is CC(CC(CCCN=[N+]=[N-])S(=O)(=O)N1CCOCC1)OC(=O)Cl. The lowest BCUT2D eigenvalue weighted by Gasteiger charge is -2.31. The van der Waals surface area contributed by atoms with Crippen LogP contribution in [-0.2, 0) is 19.5 Å². The van der Waals surface area contributed by atoms with Crippen molar-refractivity contribution in [2.45, 2.75) is 37.5 Å². The number of morpholine rings is 1. The Kier molecular flexibility index (Phi) is 8.64. The third-order valence-electron chi connectivity index (χ3n) is 3.49. The molecular formula is C12H21ClN4O5S. The van der Waals surface area contributed by atoms with Gasteiger partial charge in [0.2, 0.25) is 10.0 Å². The van der Waals surface area contributed by atoms with Crippen LogP contribution in [0.1, 0.15) is 26.2 Å². The second-order valence-corrected chi connectivity index (χ2v) is 7.70. The molecule has 0 aliphatic carbocycles. The average Bonchev–Trinajstić information content (AvgIpc) is 2.50. The summed E-state index contributed by atoms with van der Waals surface area (Å²) < 4.78 is 36.9. The Morgan fingerprint density at radius 3 is 2.70 bits per heavy atom. The Balaban J connectivity index is 2.78. The van der Waals surface area contributed by atoms with Gasteiger partial charge in [0.25, 0.3) is 0 Å². The molecule has 9 nitrogen and oxygen atoms in total. The summed E-state index contributed by atoms with van der Waals surface area (Å²) in [5.74, 6) is 0. The number of rotatable bonds is 9. The molecular weight excluding hydrogens is 348 g/mol. The van der Waals surface area contributed by atoms with Crippen LogP contribution in [-0.4, -0.2) is 62.4 Å². The summed E-state index contributed by atoms with van der Waals surface area (Å²) in [5.41, 5.74) is 7.32. The Bertz CT molecular complexity index is 532. The van der Waals surface area contributed by atoms with Crippen LogP contribution in [0.2, 0.25) is 0 Å². The van der Waals surface area contributed by atoms with E-state index < -0.39 is 26.8 Å². The molecule has 0 bridgehead atoms. The van der Waals surface area contributed by atoms with Crippen LogP contribution in [0, 0.1) is 0 Å². The lowest BCUT2D eigenvalue weighted by Crippen LogP contribution is -2.46. The summed E-state index contributed by atoms with van der Waals surface area (Å²) >= 11 is 5.17. The minimum absolute atomic E-state index is 0.133. The van der Waals surface area contributed by atoms with E-state index in [0.717, 1.165) is 0 Å². The smallest absolute Gasteiger partial charge is 0.404 e. The van der Waals surface area contributed by atoms with Gasteiger partial charge in [0.15, 0.2) is 0 Å². The minimum Gasteiger partial charge on any atom is -0.451 e. The van der Waals surface area contributed by atoms with E-state index in [2.05, 4.69) is 10.0 Å². The number of halogens is 1. The van der Waals surface area contributed by atoms with Gasteiger partial charge < -0.3 is 9.47 Å². The van der Waals surface area contributed by atoms with Crippen LogP contribution < -0.4 is 0 Å². The highest BCUT2D eigenvalue weighted by atomic mass is 35.5. The van der Waals surface area contributed by atoms with Crippen molar-refractivity contribution >= 4 is 27.1 Å². The van der Waals surface area contributed by atoms with E-state index in [1.807, 2.05) is 0 Å². The monoisotopic (exact) mass is 368 g/mol. The third-order valence-corrected chi connectivity index (χ3v) is 5.93. The maximum atomic E-state index is 12.8. The van der Waals surface area contributed by atoms with Gasteiger partial charge in [0.1, 0.15) is 6.10 Å². The van der Waals surface area contributed by atoms with E-state index in [4.69, 9.17) is 26.6 Å². The van der Waals surface area contributed by atoms with Crippen molar-refractivity contribution in [3.05, 3.63) is 10.4 Å². The molecule has 0 N–H and O–H groups in total. The summed E-state index contributed by atoms with van der Waals surface area (Å²) in [5, 5.41) is 2.68. The molecule has 1 aliphatic heterocycles. The molecule has 0 radical (unpaired) electrons. The van der Waals surface area contributed by atoms with Crippen molar-refractivity contribution in [2.24, 2.45) is 5.11 Å². The first-order valence-electron chi connectivity index (χ1n) is 7.31. The van der Waals surface area contributed by atoms with Crippen LogP contribution in [0.3, 0.4) is 0 Å². The quantitative estimate of drug-likeness (QED) is 0.203. The number of nitrogens with zero attached hydrogens (tertiary/aromatic N) is 4. The normalized spacial score (nSPS) is 18.7. The summed E-state index contributed by atoms with van der Waals surface area (Å²) in [4.78, 5) is 13.4. The van der Waals surface area contributed by atoms with Crippen molar-refractivity contribution in [3.63, 3.8) is 0 Å². The van der Waals surface area contributed by atoms with Crippen LogP contribution in [0.5, 0.6) is 0 Å². The number of hydrogen-bond donors (Lipinski definition) is 0. The molecule has 1 aliphatic rings. The fraction of sp³-hybridized carbons (Fsp3) is 0.917. The molecule has 0 amide bonds. The highest BCUT2D eigenvalue weighted by Crippen LogP contribution is 2.22. The summed E-state index contributed by atoms with van der Waals surface area (Å²) in [6.07, 6.45) is 0.247. The zero-order valence-electron chi connectivity index (χ0n) is 12.9. The fourth-order valence-electron chi connectivity index (χ4n) is 2.41. The van der Waals surface area contributed by atoms with Crippen molar-refractivity contribution in [1.82, 2.24) is 4.31 Å². The minimum atomic E-state index is -3.56. The predicted octanol–water partition coefficient (Wildman–Crippen LogP) is 2.26. The van der Waals surface area contributed by atoms with Gasteiger partial charge >= 0.3 is 5.43 Å². The standard InChI is InChI=1S/C12H21ClN4O5S/c1-10(22-12(13)18)9-11(3-2-4-15-16-14)23(19,20)17-5-7-21-8-6-17/h10-11H,2-9H2,1H3. The maximum Gasteiger partial charge on any atom is 0.404 e. The fourth-order valence-corrected chi connectivity index (χ4v) is 4.62. The molecule has 0 aromatic carbocycles. The Morgan fingerprint density at radius 2 is 2.13 bits per heavy atom.